The Hall–Kier alpha value is -3.39. The quantitative estimate of drug-likeness (QED) is 0.623. The number of sulfonamides is 1. The number of ether oxygens (including phenoxy) is 1. The van der Waals surface area contributed by atoms with E-state index < -0.39 is 10.0 Å². The van der Waals surface area contributed by atoms with Gasteiger partial charge in [0.15, 0.2) is 0 Å². The lowest BCUT2D eigenvalue weighted by Crippen LogP contribution is -2.29. The number of nitrogens with one attached hydrogen (secondary N) is 1. The molecule has 0 radical (unpaired) electrons. The maximum atomic E-state index is 12.8. The fraction of sp³-hybridized carbons (Fsp3) is 0.182. The summed E-state index contributed by atoms with van der Waals surface area (Å²) < 4.78 is 32.8. The van der Waals surface area contributed by atoms with Crippen LogP contribution in [0.5, 0.6) is 5.75 Å². The molecule has 1 heterocycles. The third kappa shape index (κ3) is 4.77. The number of carbonyl (C=O) groups is 1. The van der Waals surface area contributed by atoms with Crippen molar-refractivity contribution in [1.82, 2.24) is 9.88 Å². The van der Waals surface area contributed by atoms with Gasteiger partial charge in [-0.2, -0.15) is 0 Å². The van der Waals surface area contributed by atoms with Gasteiger partial charge in [0.2, 0.25) is 0 Å². The third-order valence-electron chi connectivity index (χ3n) is 4.84. The monoisotopic (exact) mass is 425 g/mol. The van der Waals surface area contributed by atoms with Crippen LogP contribution in [-0.2, 0) is 10.0 Å². The first-order valence-corrected chi connectivity index (χ1v) is 10.7. The zero-order chi connectivity index (χ0) is 21.7. The second kappa shape index (κ2) is 8.96. The minimum Gasteiger partial charge on any atom is -0.497 e. The van der Waals surface area contributed by atoms with Gasteiger partial charge in [-0.05, 0) is 73.2 Å². The summed E-state index contributed by atoms with van der Waals surface area (Å²) in [6.07, 6.45) is 3.36. The third-order valence-corrected chi connectivity index (χ3v) is 6.24. The zero-order valence-corrected chi connectivity index (χ0v) is 17.8. The highest BCUT2D eigenvalue weighted by Crippen LogP contribution is 2.22. The molecular formula is C22H23N3O4S. The van der Waals surface area contributed by atoms with Crippen molar-refractivity contribution in [2.45, 2.75) is 17.9 Å². The number of aromatic nitrogens is 1. The number of carbonyl (C=O) groups excluding carboxylic acids is 1. The molecule has 3 rings (SSSR count). The van der Waals surface area contributed by atoms with Gasteiger partial charge in [0.25, 0.3) is 15.9 Å². The lowest BCUT2D eigenvalue weighted by molar-refractivity contribution is 0.0742. The fourth-order valence-corrected chi connectivity index (χ4v) is 3.95. The summed E-state index contributed by atoms with van der Waals surface area (Å²) in [6.45, 7) is 1.92. The topological polar surface area (TPSA) is 88.6 Å². The molecule has 2 aromatic carbocycles. The number of amides is 1. The molecule has 3 aromatic rings. The molecule has 0 aliphatic rings. The Morgan fingerprint density at radius 1 is 1.00 bits per heavy atom. The second-order valence-electron chi connectivity index (χ2n) is 6.73. The average molecular weight is 426 g/mol. The molecule has 1 aromatic heterocycles. The van der Waals surface area contributed by atoms with Gasteiger partial charge in [-0.25, -0.2) is 8.42 Å². The summed E-state index contributed by atoms with van der Waals surface area (Å²) in [5.41, 5.74) is 1.78. The van der Waals surface area contributed by atoms with Crippen LogP contribution in [0, 0.1) is 0 Å². The molecule has 0 aliphatic heterocycles. The Morgan fingerprint density at radius 2 is 1.60 bits per heavy atom. The minimum absolute atomic E-state index is 0.0692. The summed E-state index contributed by atoms with van der Waals surface area (Å²) >= 11 is 0. The van der Waals surface area contributed by atoms with Crippen LogP contribution < -0.4 is 9.46 Å². The SMILES string of the molecule is COc1ccc(NS(=O)(=O)c2ccc(C(=O)N(C)C(C)c3ccncc3)cc2)cc1. The number of hydrogen-bond donors (Lipinski definition) is 1. The van der Waals surface area contributed by atoms with Gasteiger partial charge in [0, 0.05) is 30.7 Å². The van der Waals surface area contributed by atoms with Gasteiger partial charge in [-0.1, -0.05) is 0 Å². The van der Waals surface area contributed by atoms with Crippen LogP contribution in [0.15, 0.2) is 78.0 Å². The Balaban J connectivity index is 1.73. The minimum atomic E-state index is -3.78. The van der Waals surface area contributed by atoms with Crippen molar-refractivity contribution in [2.75, 3.05) is 18.9 Å². The molecule has 1 amide bonds. The highest BCUT2D eigenvalue weighted by molar-refractivity contribution is 7.92. The molecule has 8 heteroatoms. The van der Waals surface area contributed by atoms with Gasteiger partial charge in [-0.3, -0.25) is 14.5 Å². The second-order valence-corrected chi connectivity index (χ2v) is 8.41. The van der Waals surface area contributed by atoms with Crippen LogP contribution in [-0.4, -0.2) is 38.4 Å². The molecule has 30 heavy (non-hydrogen) atoms. The number of methoxy groups -OCH3 is 1. The van der Waals surface area contributed by atoms with E-state index in [1.165, 1.54) is 31.4 Å². The molecule has 0 saturated heterocycles. The van der Waals surface area contributed by atoms with E-state index >= 15 is 0 Å². The zero-order valence-electron chi connectivity index (χ0n) is 16.9. The summed E-state index contributed by atoms with van der Waals surface area (Å²) in [4.78, 5) is 18.5. The molecule has 156 valence electrons. The summed E-state index contributed by atoms with van der Waals surface area (Å²) in [7, 11) is -0.527. The number of anilines is 1. The van der Waals surface area contributed by atoms with E-state index in [-0.39, 0.29) is 16.8 Å². The Kier molecular flexibility index (Phi) is 6.37. The lowest BCUT2D eigenvalue weighted by atomic mass is 10.1. The van der Waals surface area contributed by atoms with E-state index in [9.17, 15) is 13.2 Å². The number of rotatable bonds is 7. The van der Waals surface area contributed by atoms with Crippen LogP contribution in [0.4, 0.5) is 5.69 Å². The van der Waals surface area contributed by atoms with Crippen molar-refractivity contribution in [3.05, 3.63) is 84.2 Å². The summed E-state index contributed by atoms with van der Waals surface area (Å²) in [5.74, 6) is 0.428. The van der Waals surface area contributed by atoms with E-state index in [2.05, 4.69) is 9.71 Å². The highest BCUT2D eigenvalue weighted by atomic mass is 32.2. The van der Waals surface area contributed by atoms with E-state index in [1.54, 1.807) is 48.6 Å². The molecular weight excluding hydrogens is 402 g/mol. The van der Waals surface area contributed by atoms with Gasteiger partial charge in [0.05, 0.1) is 18.0 Å². The average Bonchev–Trinajstić information content (AvgIpc) is 2.78. The molecule has 1 atom stereocenters. The normalized spacial score (nSPS) is 12.1. The molecule has 1 unspecified atom stereocenters. The van der Waals surface area contributed by atoms with E-state index in [0.29, 0.717) is 17.0 Å². The van der Waals surface area contributed by atoms with Crippen LogP contribution >= 0.6 is 0 Å². The Labute approximate surface area is 176 Å². The predicted molar refractivity (Wildman–Crippen MR) is 115 cm³/mol. The predicted octanol–water partition coefficient (Wildman–Crippen LogP) is 3.72. The molecule has 7 nitrogen and oxygen atoms in total. The highest BCUT2D eigenvalue weighted by Gasteiger charge is 2.20. The van der Waals surface area contributed by atoms with Crippen LogP contribution in [0.3, 0.4) is 0 Å². The molecule has 0 spiro atoms. The molecule has 0 fully saturated rings. The van der Waals surface area contributed by atoms with Crippen LogP contribution in [0.25, 0.3) is 0 Å². The van der Waals surface area contributed by atoms with Crippen LogP contribution in [0.1, 0.15) is 28.9 Å². The van der Waals surface area contributed by atoms with Gasteiger partial charge < -0.3 is 9.64 Å². The first-order chi connectivity index (χ1) is 14.3. The van der Waals surface area contributed by atoms with Gasteiger partial charge in [0.1, 0.15) is 5.75 Å². The van der Waals surface area contributed by atoms with E-state index in [0.717, 1.165) is 5.56 Å². The maximum Gasteiger partial charge on any atom is 0.261 e. The molecule has 0 saturated carbocycles. The largest absolute Gasteiger partial charge is 0.497 e. The first-order valence-electron chi connectivity index (χ1n) is 9.26. The van der Waals surface area contributed by atoms with E-state index in [4.69, 9.17) is 4.74 Å². The Morgan fingerprint density at radius 3 is 2.17 bits per heavy atom. The smallest absolute Gasteiger partial charge is 0.261 e. The fourth-order valence-electron chi connectivity index (χ4n) is 2.89. The first kappa shape index (κ1) is 21.3. The van der Waals surface area contributed by atoms with E-state index in [1.807, 2.05) is 19.1 Å². The number of benzene rings is 2. The standard InChI is InChI=1S/C22H23N3O4S/c1-16(17-12-14-23-15-13-17)25(2)22(26)18-4-10-21(11-5-18)30(27,28)24-19-6-8-20(29-3)9-7-19/h4-16,24H,1-3H3. The van der Waals surface area contributed by atoms with Gasteiger partial charge >= 0.3 is 0 Å². The molecule has 0 bridgehead atoms. The molecule has 1 N–H and O–H groups in total. The lowest BCUT2D eigenvalue weighted by Gasteiger charge is -2.25. The Bertz CT molecular complexity index is 1100. The van der Waals surface area contributed by atoms with Crippen molar-refractivity contribution in [3.63, 3.8) is 0 Å². The number of nitrogens with zero attached hydrogens (tertiary/aromatic N) is 2. The number of pyridine rings is 1. The van der Waals surface area contributed by atoms with Gasteiger partial charge in [-0.15, -0.1) is 0 Å². The van der Waals surface area contributed by atoms with Crippen molar-refractivity contribution in [1.29, 1.82) is 0 Å². The summed E-state index contributed by atoms with van der Waals surface area (Å²) in [6, 6.07) is 16.0. The van der Waals surface area contributed by atoms with Crippen molar-refractivity contribution < 1.29 is 17.9 Å². The van der Waals surface area contributed by atoms with Crippen molar-refractivity contribution in [3.8, 4) is 5.75 Å². The molecule has 0 aliphatic carbocycles. The number of hydrogen-bond acceptors (Lipinski definition) is 5. The van der Waals surface area contributed by atoms with Crippen molar-refractivity contribution in [2.24, 2.45) is 0 Å². The maximum absolute atomic E-state index is 12.8. The van der Waals surface area contributed by atoms with Crippen LogP contribution in [0.2, 0.25) is 0 Å². The van der Waals surface area contributed by atoms with Crippen molar-refractivity contribution >= 4 is 21.6 Å². The summed E-state index contributed by atoms with van der Waals surface area (Å²) in [5, 5.41) is 0.